The highest BCUT2D eigenvalue weighted by Gasteiger charge is 2.41. The van der Waals surface area contributed by atoms with E-state index in [-0.39, 0.29) is 5.41 Å². The van der Waals surface area contributed by atoms with Gasteiger partial charge in [-0.05, 0) is 17.3 Å². The topological polar surface area (TPSA) is 52.0 Å². The Balaban J connectivity index is 2.53. The molecule has 0 aliphatic heterocycles. The zero-order valence-corrected chi connectivity index (χ0v) is 10.1. The van der Waals surface area contributed by atoms with Crippen molar-refractivity contribution in [3.63, 3.8) is 0 Å². The standard InChI is InChI=1S/C12H20N2O/c1-11(2)5-9-10(12(3,4)7-11)8(6-13)14-15-9/h5-7,13H2,1-4H3. The quantitative estimate of drug-likeness (QED) is 0.771. The van der Waals surface area contributed by atoms with E-state index in [1.54, 1.807) is 0 Å². The van der Waals surface area contributed by atoms with Crippen molar-refractivity contribution in [2.24, 2.45) is 11.1 Å². The number of hydrogen-bond donors (Lipinski definition) is 1. The van der Waals surface area contributed by atoms with Gasteiger partial charge in [0.25, 0.3) is 0 Å². The lowest BCUT2D eigenvalue weighted by Gasteiger charge is -2.39. The third kappa shape index (κ3) is 1.69. The van der Waals surface area contributed by atoms with E-state index in [4.69, 9.17) is 10.3 Å². The summed E-state index contributed by atoms with van der Waals surface area (Å²) < 4.78 is 5.42. The van der Waals surface area contributed by atoms with Crippen molar-refractivity contribution in [3.05, 3.63) is 17.0 Å². The van der Waals surface area contributed by atoms with E-state index in [1.807, 2.05) is 0 Å². The lowest BCUT2D eigenvalue weighted by Crippen LogP contribution is -2.34. The minimum Gasteiger partial charge on any atom is -0.361 e. The Morgan fingerprint density at radius 1 is 1.33 bits per heavy atom. The first-order valence-corrected chi connectivity index (χ1v) is 5.54. The summed E-state index contributed by atoms with van der Waals surface area (Å²) in [6.45, 7) is 9.54. The van der Waals surface area contributed by atoms with Gasteiger partial charge in [0.05, 0.1) is 0 Å². The normalized spacial score (nSPS) is 22.5. The molecule has 1 aliphatic carbocycles. The summed E-state index contributed by atoms with van der Waals surface area (Å²) in [6.07, 6.45) is 2.12. The van der Waals surface area contributed by atoms with Crippen LogP contribution >= 0.6 is 0 Å². The van der Waals surface area contributed by atoms with Crippen LogP contribution in [0.5, 0.6) is 0 Å². The minimum atomic E-state index is 0.131. The number of nitrogens with two attached hydrogens (primary N) is 1. The molecule has 0 bridgehead atoms. The van der Waals surface area contributed by atoms with Crippen LogP contribution in [0.25, 0.3) is 0 Å². The van der Waals surface area contributed by atoms with Crippen molar-refractivity contribution in [1.29, 1.82) is 0 Å². The van der Waals surface area contributed by atoms with E-state index in [9.17, 15) is 0 Å². The Labute approximate surface area is 91.0 Å². The highest BCUT2D eigenvalue weighted by molar-refractivity contribution is 5.34. The highest BCUT2D eigenvalue weighted by atomic mass is 16.5. The fourth-order valence-corrected chi connectivity index (χ4v) is 3.17. The van der Waals surface area contributed by atoms with E-state index in [0.29, 0.717) is 12.0 Å². The van der Waals surface area contributed by atoms with Crippen molar-refractivity contribution >= 4 is 0 Å². The lowest BCUT2D eigenvalue weighted by atomic mass is 9.64. The van der Waals surface area contributed by atoms with Crippen molar-refractivity contribution in [2.75, 3.05) is 0 Å². The second-order valence-corrected chi connectivity index (χ2v) is 6.03. The van der Waals surface area contributed by atoms with Crippen LogP contribution in [-0.2, 0) is 18.4 Å². The van der Waals surface area contributed by atoms with Crippen molar-refractivity contribution in [2.45, 2.75) is 52.5 Å². The molecule has 84 valence electrons. The number of fused-ring (bicyclic) bond motifs is 1. The second kappa shape index (κ2) is 3.08. The van der Waals surface area contributed by atoms with Gasteiger partial charge in [-0.2, -0.15) is 0 Å². The molecule has 2 N–H and O–H groups in total. The van der Waals surface area contributed by atoms with E-state index in [2.05, 4.69) is 32.9 Å². The minimum absolute atomic E-state index is 0.131. The number of hydrogen-bond acceptors (Lipinski definition) is 3. The molecule has 1 aromatic rings. The molecule has 2 rings (SSSR count). The summed E-state index contributed by atoms with van der Waals surface area (Å²) in [5.74, 6) is 1.04. The van der Waals surface area contributed by atoms with Crippen molar-refractivity contribution in [1.82, 2.24) is 5.16 Å². The van der Waals surface area contributed by atoms with Crippen LogP contribution in [0, 0.1) is 5.41 Å². The van der Waals surface area contributed by atoms with Gasteiger partial charge in [-0.1, -0.05) is 32.9 Å². The molecule has 1 aromatic heterocycles. The SMILES string of the molecule is CC1(C)Cc2onc(CN)c2C(C)(C)C1. The second-order valence-electron chi connectivity index (χ2n) is 6.03. The van der Waals surface area contributed by atoms with Crippen LogP contribution in [0.15, 0.2) is 4.52 Å². The molecule has 0 saturated heterocycles. The molecule has 3 nitrogen and oxygen atoms in total. The summed E-state index contributed by atoms with van der Waals surface area (Å²) in [5, 5.41) is 4.08. The van der Waals surface area contributed by atoms with Crippen LogP contribution in [0.2, 0.25) is 0 Å². The number of rotatable bonds is 1. The van der Waals surface area contributed by atoms with Crippen LogP contribution < -0.4 is 5.73 Å². The van der Waals surface area contributed by atoms with E-state index >= 15 is 0 Å². The van der Waals surface area contributed by atoms with E-state index in [1.165, 1.54) is 5.56 Å². The molecule has 0 radical (unpaired) electrons. The Bertz CT molecular complexity index is 377. The number of nitrogens with zero attached hydrogens (tertiary/aromatic N) is 1. The molecule has 1 aliphatic rings. The molecule has 0 atom stereocenters. The van der Waals surface area contributed by atoms with Gasteiger partial charge in [-0.3, -0.25) is 0 Å². The summed E-state index contributed by atoms with van der Waals surface area (Å²) in [5.41, 5.74) is 8.30. The molecule has 0 saturated carbocycles. The van der Waals surface area contributed by atoms with E-state index < -0.39 is 0 Å². The van der Waals surface area contributed by atoms with Gasteiger partial charge < -0.3 is 10.3 Å². The Morgan fingerprint density at radius 2 is 2.00 bits per heavy atom. The first kappa shape index (κ1) is 10.7. The van der Waals surface area contributed by atoms with Gasteiger partial charge >= 0.3 is 0 Å². The Kier molecular flexibility index (Phi) is 2.19. The predicted octanol–water partition coefficient (Wildman–Crippen LogP) is 2.38. The molecular weight excluding hydrogens is 188 g/mol. The van der Waals surface area contributed by atoms with Gasteiger partial charge in [-0.15, -0.1) is 0 Å². The third-order valence-corrected chi connectivity index (χ3v) is 3.26. The number of aromatic nitrogens is 1. The van der Waals surface area contributed by atoms with Gasteiger partial charge in [0.1, 0.15) is 11.5 Å². The molecule has 1 heterocycles. The fourth-order valence-electron chi connectivity index (χ4n) is 3.17. The van der Waals surface area contributed by atoms with Crippen molar-refractivity contribution in [3.8, 4) is 0 Å². The molecule has 0 aromatic carbocycles. The molecule has 0 amide bonds. The average molecular weight is 208 g/mol. The zero-order chi connectivity index (χ0) is 11.3. The fraction of sp³-hybridized carbons (Fsp3) is 0.750. The smallest absolute Gasteiger partial charge is 0.141 e. The maximum atomic E-state index is 5.68. The summed E-state index contributed by atoms with van der Waals surface area (Å²) in [6, 6.07) is 0. The molecule has 0 fully saturated rings. The van der Waals surface area contributed by atoms with Gasteiger partial charge in [0.2, 0.25) is 0 Å². The highest BCUT2D eigenvalue weighted by Crippen LogP contribution is 2.46. The van der Waals surface area contributed by atoms with Crippen LogP contribution in [-0.4, -0.2) is 5.16 Å². The summed E-state index contributed by atoms with van der Waals surface area (Å²) in [4.78, 5) is 0. The van der Waals surface area contributed by atoms with Crippen LogP contribution in [0.1, 0.15) is 51.1 Å². The molecule has 15 heavy (non-hydrogen) atoms. The maximum absolute atomic E-state index is 5.68. The van der Waals surface area contributed by atoms with Crippen LogP contribution in [0.3, 0.4) is 0 Å². The van der Waals surface area contributed by atoms with Gasteiger partial charge in [0.15, 0.2) is 0 Å². The van der Waals surface area contributed by atoms with Crippen LogP contribution in [0.4, 0.5) is 0 Å². The van der Waals surface area contributed by atoms with E-state index in [0.717, 1.165) is 24.3 Å². The third-order valence-electron chi connectivity index (χ3n) is 3.26. The summed E-state index contributed by atoms with van der Waals surface area (Å²) >= 11 is 0. The molecule has 0 spiro atoms. The zero-order valence-electron chi connectivity index (χ0n) is 10.1. The molecule has 3 heteroatoms. The predicted molar refractivity (Wildman–Crippen MR) is 59.5 cm³/mol. The van der Waals surface area contributed by atoms with Gasteiger partial charge in [0, 0.05) is 18.5 Å². The Morgan fingerprint density at radius 3 is 2.60 bits per heavy atom. The largest absolute Gasteiger partial charge is 0.361 e. The lowest BCUT2D eigenvalue weighted by molar-refractivity contribution is 0.203. The first-order valence-electron chi connectivity index (χ1n) is 5.54. The first-order chi connectivity index (χ1) is 6.86. The van der Waals surface area contributed by atoms with Gasteiger partial charge in [-0.25, -0.2) is 0 Å². The van der Waals surface area contributed by atoms with Crippen molar-refractivity contribution < 1.29 is 4.52 Å². The summed E-state index contributed by atoms with van der Waals surface area (Å²) in [7, 11) is 0. The Hall–Kier alpha value is -0.830. The molecular formula is C12H20N2O. The molecule has 0 unspecified atom stereocenters. The maximum Gasteiger partial charge on any atom is 0.141 e. The average Bonchev–Trinajstić information content (AvgIpc) is 2.43. The monoisotopic (exact) mass is 208 g/mol.